The van der Waals surface area contributed by atoms with Crippen LogP contribution in [0.25, 0.3) is 22.7 Å². The van der Waals surface area contributed by atoms with E-state index in [4.69, 9.17) is 11.6 Å². The molecule has 0 radical (unpaired) electrons. The SMILES string of the molecule is Cc1cc(NC(=O)c2ccccc2Cl)n(-c2nc3c(cnn3-c3ccccc3)c(=O)[nH]2)n1. The summed E-state index contributed by atoms with van der Waals surface area (Å²) in [5.41, 5.74) is 1.70. The first kappa shape index (κ1) is 19.7. The molecule has 32 heavy (non-hydrogen) atoms. The molecule has 0 aliphatic carbocycles. The largest absolute Gasteiger partial charge is 0.306 e. The van der Waals surface area contributed by atoms with E-state index in [1.165, 1.54) is 10.9 Å². The number of hydrogen-bond donors (Lipinski definition) is 2. The Hall–Kier alpha value is -4.24. The maximum Gasteiger partial charge on any atom is 0.263 e. The highest BCUT2D eigenvalue weighted by Gasteiger charge is 2.18. The molecule has 0 aliphatic rings. The lowest BCUT2D eigenvalue weighted by Gasteiger charge is -2.09. The van der Waals surface area contributed by atoms with Crippen molar-refractivity contribution >= 4 is 34.4 Å². The Bertz CT molecular complexity index is 1520. The Morgan fingerprint density at radius 3 is 2.59 bits per heavy atom. The summed E-state index contributed by atoms with van der Waals surface area (Å²) in [4.78, 5) is 32.8. The van der Waals surface area contributed by atoms with Gasteiger partial charge in [0.15, 0.2) is 5.65 Å². The van der Waals surface area contributed by atoms with E-state index >= 15 is 0 Å². The van der Waals surface area contributed by atoms with Crippen LogP contribution in [0.5, 0.6) is 0 Å². The Kier molecular flexibility index (Phi) is 4.79. The summed E-state index contributed by atoms with van der Waals surface area (Å²) in [6.45, 7) is 1.77. The van der Waals surface area contributed by atoms with Gasteiger partial charge in [0.1, 0.15) is 11.2 Å². The van der Waals surface area contributed by atoms with Gasteiger partial charge in [-0.05, 0) is 31.2 Å². The van der Waals surface area contributed by atoms with Crippen molar-refractivity contribution in [1.29, 1.82) is 0 Å². The zero-order valence-electron chi connectivity index (χ0n) is 16.8. The number of anilines is 1. The van der Waals surface area contributed by atoms with Crippen LogP contribution < -0.4 is 10.9 Å². The lowest BCUT2D eigenvalue weighted by Crippen LogP contribution is -2.19. The van der Waals surface area contributed by atoms with E-state index in [-0.39, 0.29) is 11.5 Å². The van der Waals surface area contributed by atoms with Gasteiger partial charge in [0, 0.05) is 6.07 Å². The minimum absolute atomic E-state index is 0.141. The number of carbonyl (C=O) groups excluding carboxylic acids is 1. The highest BCUT2D eigenvalue weighted by Crippen LogP contribution is 2.20. The average molecular weight is 446 g/mol. The van der Waals surface area contributed by atoms with Crippen LogP contribution in [0.15, 0.2) is 71.7 Å². The van der Waals surface area contributed by atoms with Crippen LogP contribution >= 0.6 is 11.6 Å². The molecule has 10 heteroatoms. The van der Waals surface area contributed by atoms with E-state index in [1.54, 1.807) is 41.9 Å². The first-order chi connectivity index (χ1) is 15.5. The van der Waals surface area contributed by atoms with Crippen LogP contribution in [-0.2, 0) is 0 Å². The molecule has 5 aromatic rings. The lowest BCUT2D eigenvalue weighted by molar-refractivity contribution is 0.102. The van der Waals surface area contributed by atoms with Gasteiger partial charge in [0.25, 0.3) is 11.5 Å². The maximum atomic E-state index is 12.8. The number of aromatic amines is 1. The smallest absolute Gasteiger partial charge is 0.263 e. The summed E-state index contributed by atoms with van der Waals surface area (Å²) in [6, 6.07) is 17.8. The van der Waals surface area contributed by atoms with Crippen LogP contribution in [0.3, 0.4) is 0 Å². The highest BCUT2D eigenvalue weighted by atomic mass is 35.5. The topological polar surface area (TPSA) is 110 Å². The Labute approximate surface area is 186 Å². The molecule has 0 atom stereocenters. The average Bonchev–Trinajstić information content (AvgIpc) is 3.38. The molecule has 158 valence electrons. The van der Waals surface area contributed by atoms with Gasteiger partial charge in [-0.25, -0.2) is 4.68 Å². The van der Waals surface area contributed by atoms with Crippen molar-refractivity contribution in [3.63, 3.8) is 0 Å². The Morgan fingerprint density at radius 1 is 1.06 bits per heavy atom. The fourth-order valence-electron chi connectivity index (χ4n) is 3.34. The first-order valence-electron chi connectivity index (χ1n) is 9.67. The quantitative estimate of drug-likeness (QED) is 0.440. The van der Waals surface area contributed by atoms with Crippen molar-refractivity contribution in [2.45, 2.75) is 6.92 Å². The minimum atomic E-state index is -0.408. The number of para-hydroxylation sites is 1. The molecule has 0 aliphatic heterocycles. The molecule has 0 fully saturated rings. The van der Waals surface area contributed by atoms with Crippen LogP contribution in [0.2, 0.25) is 5.02 Å². The summed E-state index contributed by atoms with van der Waals surface area (Å²) in [7, 11) is 0. The third-order valence-electron chi connectivity index (χ3n) is 4.82. The zero-order chi connectivity index (χ0) is 22.2. The van der Waals surface area contributed by atoms with E-state index in [0.717, 1.165) is 5.69 Å². The number of halogens is 1. The molecule has 9 nitrogen and oxygen atoms in total. The molecule has 2 N–H and O–H groups in total. The van der Waals surface area contributed by atoms with Gasteiger partial charge in [0.2, 0.25) is 5.95 Å². The molecule has 5 rings (SSSR count). The standard InChI is InChI=1S/C22H16ClN7O2/c1-13-11-18(25-20(31)15-9-5-6-10-17(15)23)30(28-13)22-26-19-16(21(32)27-22)12-24-29(19)14-7-3-2-4-8-14/h2-12H,1H3,(H,25,31)(H,26,27,32). The number of rotatable bonds is 4. The molecule has 0 bridgehead atoms. The van der Waals surface area contributed by atoms with E-state index < -0.39 is 5.91 Å². The predicted molar refractivity (Wildman–Crippen MR) is 121 cm³/mol. The summed E-state index contributed by atoms with van der Waals surface area (Å²) in [6.07, 6.45) is 1.46. The summed E-state index contributed by atoms with van der Waals surface area (Å²) in [5, 5.41) is 12.1. The number of hydrogen-bond acceptors (Lipinski definition) is 5. The first-order valence-corrected chi connectivity index (χ1v) is 10.1. The van der Waals surface area contributed by atoms with Gasteiger partial charge in [-0.2, -0.15) is 19.9 Å². The van der Waals surface area contributed by atoms with Crippen molar-refractivity contribution in [2.75, 3.05) is 5.32 Å². The molecule has 1 amide bonds. The molecule has 0 saturated heterocycles. The Balaban J connectivity index is 1.60. The number of nitrogens with one attached hydrogen (secondary N) is 2. The fourth-order valence-corrected chi connectivity index (χ4v) is 3.57. The molecular formula is C22H16ClN7O2. The molecule has 0 unspecified atom stereocenters. The molecule has 0 spiro atoms. The number of fused-ring (bicyclic) bond motifs is 1. The number of H-pyrrole nitrogens is 1. The third kappa shape index (κ3) is 3.44. The van der Waals surface area contributed by atoms with Crippen molar-refractivity contribution in [1.82, 2.24) is 29.5 Å². The van der Waals surface area contributed by atoms with Gasteiger partial charge in [-0.3, -0.25) is 14.6 Å². The van der Waals surface area contributed by atoms with Gasteiger partial charge < -0.3 is 5.32 Å². The van der Waals surface area contributed by atoms with Gasteiger partial charge in [-0.1, -0.05) is 41.9 Å². The zero-order valence-corrected chi connectivity index (χ0v) is 17.5. The second-order valence-corrected chi connectivity index (χ2v) is 7.44. The van der Waals surface area contributed by atoms with Crippen LogP contribution in [0, 0.1) is 6.92 Å². The van der Waals surface area contributed by atoms with E-state index in [9.17, 15) is 9.59 Å². The minimum Gasteiger partial charge on any atom is -0.306 e. The normalized spacial score (nSPS) is 11.1. The van der Waals surface area contributed by atoms with Crippen LogP contribution in [-0.4, -0.2) is 35.4 Å². The second-order valence-electron chi connectivity index (χ2n) is 7.04. The lowest BCUT2D eigenvalue weighted by atomic mass is 10.2. The molecule has 3 heterocycles. The molecule has 0 saturated carbocycles. The van der Waals surface area contributed by atoms with Gasteiger partial charge in [0.05, 0.1) is 28.2 Å². The van der Waals surface area contributed by atoms with Crippen LogP contribution in [0.4, 0.5) is 5.82 Å². The highest BCUT2D eigenvalue weighted by molar-refractivity contribution is 6.34. The van der Waals surface area contributed by atoms with Crippen molar-refractivity contribution in [2.24, 2.45) is 0 Å². The Morgan fingerprint density at radius 2 is 1.81 bits per heavy atom. The van der Waals surface area contributed by atoms with E-state index in [2.05, 4.69) is 25.5 Å². The van der Waals surface area contributed by atoms with Crippen molar-refractivity contribution in [3.05, 3.63) is 93.5 Å². The summed E-state index contributed by atoms with van der Waals surface area (Å²) >= 11 is 6.14. The second kappa shape index (κ2) is 7.78. The fraction of sp³-hybridized carbons (Fsp3) is 0.0455. The molecular weight excluding hydrogens is 430 g/mol. The van der Waals surface area contributed by atoms with E-state index in [1.807, 2.05) is 30.3 Å². The summed E-state index contributed by atoms with van der Waals surface area (Å²) in [5.74, 6) is 0.0675. The van der Waals surface area contributed by atoms with Gasteiger partial charge >= 0.3 is 0 Å². The van der Waals surface area contributed by atoms with Crippen molar-refractivity contribution in [3.8, 4) is 11.6 Å². The number of aryl methyl sites for hydroxylation is 1. The summed E-state index contributed by atoms with van der Waals surface area (Å²) < 4.78 is 2.94. The van der Waals surface area contributed by atoms with Gasteiger partial charge in [-0.15, -0.1) is 0 Å². The maximum absolute atomic E-state index is 12.8. The molecule has 2 aromatic carbocycles. The number of aromatic nitrogens is 6. The number of nitrogens with zero attached hydrogens (tertiary/aromatic N) is 5. The number of carbonyl (C=O) groups is 1. The number of benzene rings is 2. The monoisotopic (exact) mass is 445 g/mol. The predicted octanol–water partition coefficient (Wildman–Crippen LogP) is 3.51. The van der Waals surface area contributed by atoms with Crippen molar-refractivity contribution < 1.29 is 4.79 Å². The van der Waals surface area contributed by atoms with Crippen LogP contribution in [0.1, 0.15) is 16.1 Å². The third-order valence-corrected chi connectivity index (χ3v) is 5.15. The van der Waals surface area contributed by atoms with E-state index in [0.29, 0.717) is 33.1 Å². The molecule has 3 aromatic heterocycles. The number of amides is 1.